The summed E-state index contributed by atoms with van der Waals surface area (Å²) in [5.74, 6) is 0. The molecule has 0 saturated carbocycles. The Kier molecular flexibility index (Phi) is 3.73. The Bertz CT molecular complexity index is 453. The molecule has 0 amide bonds. The van der Waals surface area contributed by atoms with E-state index >= 15 is 0 Å². The van der Waals surface area contributed by atoms with Crippen LogP contribution < -0.4 is 0 Å². The molecule has 2 heteroatoms. The molecule has 0 radical (unpaired) electrons. The molecule has 0 saturated heterocycles. The zero-order chi connectivity index (χ0) is 11.4. The van der Waals surface area contributed by atoms with Gasteiger partial charge in [-0.25, -0.2) is 0 Å². The average molecular weight is 276 g/mol. The monoisotopic (exact) mass is 275 g/mol. The summed E-state index contributed by atoms with van der Waals surface area (Å²) in [6.07, 6.45) is 4.71. The number of hydrogen-bond donors (Lipinski definition) is 0. The molecule has 0 aliphatic heterocycles. The lowest BCUT2D eigenvalue weighted by atomic mass is 10.0. The number of rotatable bonds is 3. The zero-order valence-electron chi connectivity index (χ0n) is 9.23. The van der Waals surface area contributed by atoms with Crippen molar-refractivity contribution in [2.75, 3.05) is 0 Å². The van der Waals surface area contributed by atoms with Crippen LogP contribution in [-0.2, 0) is 6.42 Å². The molecule has 2 rings (SSSR count). The second-order valence-corrected chi connectivity index (χ2v) is 5.05. The van der Waals surface area contributed by atoms with Crippen LogP contribution in [0.1, 0.15) is 21.5 Å². The minimum atomic E-state index is 0.336. The van der Waals surface area contributed by atoms with Crippen LogP contribution in [0.2, 0.25) is 0 Å². The highest BCUT2D eigenvalue weighted by Crippen LogP contribution is 2.26. The number of aromatic nitrogens is 1. The molecule has 0 aliphatic carbocycles. The average Bonchev–Trinajstić information content (AvgIpc) is 2.30. The highest BCUT2D eigenvalue weighted by atomic mass is 79.9. The third-order valence-corrected chi connectivity index (χ3v) is 3.40. The Labute approximate surface area is 105 Å². The van der Waals surface area contributed by atoms with Crippen molar-refractivity contribution >= 4 is 15.9 Å². The van der Waals surface area contributed by atoms with E-state index in [2.05, 4.69) is 58.2 Å². The van der Waals surface area contributed by atoms with Crippen LogP contribution in [-0.4, -0.2) is 4.98 Å². The summed E-state index contributed by atoms with van der Waals surface area (Å²) < 4.78 is 0. The van der Waals surface area contributed by atoms with Crippen LogP contribution >= 0.6 is 15.9 Å². The van der Waals surface area contributed by atoms with Crippen LogP contribution in [0.4, 0.5) is 0 Å². The van der Waals surface area contributed by atoms with Crippen molar-refractivity contribution in [2.45, 2.75) is 18.2 Å². The lowest BCUT2D eigenvalue weighted by Crippen LogP contribution is -1.96. The number of pyridine rings is 1. The second-order valence-electron chi connectivity index (χ2n) is 3.95. The number of benzene rings is 1. The van der Waals surface area contributed by atoms with Crippen molar-refractivity contribution in [3.05, 3.63) is 65.5 Å². The molecule has 2 aromatic rings. The Balaban J connectivity index is 2.11. The van der Waals surface area contributed by atoms with Gasteiger partial charge in [-0.15, -0.1) is 0 Å². The van der Waals surface area contributed by atoms with E-state index in [1.807, 2.05) is 12.3 Å². The van der Waals surface area contributed by atoms with Crippen molar-refractivity contribution in [2.24, 2.45) is 0 Å². The van der Waals surface area contributed by atoms with Gasteiger partial charge in [-0.05, 0) is 30.5 Å². The first-order valence-corrected chi connectivity index (χ1v) is 6.27. The molecule has 16 heavy (non-hydrogen) atoms. The fourth-order valence-corrected chi connectivity index (χ4v) is 2.37. The van der Waals surface area contributed by atoms with Crippen LogP contribution in [0.3, 0.4) is 0 Å². The van der Waals surface area contributed by atoms with Gasteiger partial charge in [0.1, 0.15) is 0 Å². The van der Waals surface area contributed by atoms with Gasteiger partial charge in [-0.3, -0.25) is 4.98 Å². The van der Waals surface area contributed by atoms with Crippen LogP contribution in [0, 0.1) is 6.92 Å². The highest BCUT2D eigenvalue weighted by Gasteiger charge is 2.08. The molecule has 1 aromatic heterocycles. The number of alkyl halides is 1. The quantitative estimate of drug-likeness (QED) is 0.770. The molecule has 0 aliphatic rings. The molecule has 1 nitrogen and oxygen atoms in total. The molecule has 82 valence electrons. The van der Waals surface area contributed by atoms with Gasteiger partial charge < -0.3 is 0 Å². The molecule has 0 spiro atoms. The number of hydrogen-bond acceptors (Lipinski definition) is 1. The maximum atomic E-state index is 4.13. The molecular formula is C14H14BrN. The van der Waals surface area contributed by atoms with Gasteiger partial charge in [0.15, 0.2) is 0 Å². The Morgan fingerprint density at radius 1 is 1.25 bits per heavy atom. The highest BCUT2D eigenvalue weighted by molar-refractivity contribution is 9.09. The third kappa shape index (κ3) is 2.92. The summed E-state index contributed by atoms with van der Waals surface area (Å²) in [7, 11) is 0. The van der Waals surface area contributed by atoms with E-state index in [0.29, 0.717) is 4.83 Å². The van der Waals surface area contributed by atoms with Crippen molar-refractivity contribution < 1.29 is 0 Å². The third-order valence-electron chi connectivity index (χ3n) is 2.54. The summed E-state index contributed by atoms with van der Waals surface area (Å²) in [4.78, 5) is 4.47. The first-order chi connectivity index (χ1) is 7.75. The van der Waals surface area contributed by atoms with Crippen molar-refractivity contribution in [3.63, 3.8) is 0 Å². The molecule has 0 bridgehead atoms. The van der Waals surface area contributed by atoms with E-state index in [0.717, 1.165) is 6.42 Å². The largest absolute Gasteiger partial charge is 0.264 e. The van der Waals surface area contributed by atoms with Crippen molar-refractivity contribution in [1.82, 2.24) is 4.98 Å². The normalized spacial score (nSPS) is 12.4. The summed E-state index contributed by atoms with van der Waals surface area (Å²) >= 11 is 3.71. The van der Waals surface area contributed by atoms with E-state index in [1.165, 1.54) is 16.7 Å². The first kappa shape index (κ1) is 11.3. The first-order valence-electron chi connectivity index (χ1n) is 5.35. The van der Waals surface area contributed by atoms with E-state index in [4.69, 9.17) is 0 Å². The van der Waals surface area contributed by atoms with Gasteiger partial charge in [0.2, 0.25) is 0 Å². The Morgan fingerprint density at radius 2 is 2.12 bits per heavy atom. The fourth-order valence-electron chi connectivity index (χ4n) is 1.73. The minimum absolute atomic E-state index is 0.336. The van der Waals surface area contributed by atoms with Gasteiger partial charge >= 0.3 is 0 Å². The van der Waals surface area contributed by atoms with Crippen LogP contribution in [0.25, 0.3) is 0 Å². The van der Waals surface area contributed by atoms with E-state index in [-0.39, 0.29) is 0 Å². The molecule has 1 atom stereocenters. The van der Waals surface area contributed by atoms with Crippen molar-refractivity contribution in [3.8, 4) is 0 Å². The molecular weight excluding hydrogens is 262 g/mol. The van der Waals surface area contributed by atoms with Crippen LogP contribution in [0.5, 0.6) is 0 Å². The van der Waals surface area contributed by atoms with E-state index in [9.17, 15) is 0 Å². The SMILES string of the molecule is Cc1cccc(CC(Br)c2cccnc2)c1. The van der Waals surface area contributed by atoms with E-state index in [1.54, 1.807) is 6.20 Å². The van der Waals surface area contributed by atoms with Crippen LogP contribution in [0.15, 0.2) is 48.8 Å². The standard InChI is InChI=1S/C14H14BrN/c1-11-4-2-5-12(8-11)9-14(15)13-6-3-7-16-10-13/h2-8,10,14H,9H2,1H3. The summed E-state index contributed by atoms with van der Waals surface area (Å²) in [5.41, 5.74) is 3.89. The molecule has 1 aromatic carbocycles. The summed E-state index contributed by atoms with van der Waals surface area (Å²) in [5, 5.41) is 0. The van der Waals surface area contributed by atoms with Gasteiger partial charge in [0.05, 0.1) is 0 Å². The summed E-state index contributed by atoms with van der Waals surface area (Å²) in [6.45, 7) is 2.12. The van der Waals surface area contributed by atoms with Gasteiger partial charge in [-0.1, -0.05) is 51.8 Å². The summed E-state index contributed by atoms with van der Waals surface area (Å²) in [6, 6.07) is 12.7. The number of halogens is 1. The molecule has 1 heterocycles. The van der Waals surface area contributed by atoms with Gasteiger partial charge in [0, 0.05) is 17.2 Å². The minimum Gasteiger partial charge on any atom is -0.264 e. The fraction of sp³-hybridized carbons (Fsp3) is 0.214. The van der Waals surface area contributed by atoms with Gasteiger partial charge in [0.25, 0.3) is 0 Å². The number of nitrogens with zero attached hydrogens (tertiary/aromatic N) is 1. The van der Waals surface area contributed by atoms with Gasteiger partial charge in [-0.2, -0.15) is 0 Å². The maximum absolute atomic E-state index is 4.13. The zero-order valence-corrected chi connectivity index (χ0v) is 10.8. The molecule has 0 N–H and O–H groups in total. The molecule has 0 fully saturated rings. The number of aryl methyl sites for hydroxylation is 1. The Morgan fingerprint density at radius 3 is 2.81 bits per heavy atom. The maximum Gasteiger partial charge on any atom is 0.0450 e. The smallest absolute Gasteiger partial charge is 0.0450 e. The Hall–Kier alpha value is -1.15. The predicted molar refractivity (Wildman–Crippen MR) is 70.8 cm³/mol. The van der Waals surface area contributed by atoms with E-state index < -0.39 is 0 Å². The lowest BCUT2D eigenvalue weighted by Gasteiger charge is -2.10. The predicted octanol–water partition coefficient (Wildman–Crippen LogP) is 4.07. The second kappa shape index (κ2) is 5.26. The lowest BCUT2D eigenvalue weighted by molar-refractivity contribution is 0.937. The topological polar surface area (TPSA) is 12.9 Å². The molecule has 1 unspecified atom stereocenters. The van der Waals surface area contributed by atoms with Crippen molar-refractivity contribution in [1.29, 1.82) is 0 Å².